The monoisotopic (exact) mass is 329 g/mol. The van der Waals surface area contributed by atoms with Crippen molar-refractivity contribution in [1.29, 1.82) is 0 Å². The molecule has 2 heterocycles. The van der Waals surface area contributed by atoms with Crippen molar-refractivity contribution in [2.75, 3.05) is 19.3 Å². The molecule has 1 saturated heterocycles. The van der Waals surface area contributed by atoms with Crippen LogP contribution in [0.15, 0.2) is 52.2 Å². The summed E-state index contributed by atoms with van der Waals surface area (Å²) < 4.78 is 4.98. The normalized spacial score (nSPS) is 18.0. The molecule has 0 spiro atoms. The molecule has 1 aromatic carbocycles. The number of piperidine rings is 1. The molecule has 1 fully saturated rings. The van der Waals surface area contributed by atoms with Gasteiger partial charge in [-0.25, -0.2) is 0 Å². The van der Waals surface area contributed by atoms with Crippen LogP contribution in [0.4, 0.5) is 0 Å². The van der Waals surface area contributed by atoms with Crippen LogP contribution in [0.2, 0.25) is 0 Å². The summed E-state index contributed by atoms with van der Waals surface area (Å²) in [6, 6.07) is 9.35. The maximum absolute atomic E-state index is 12.9. The number of ketones is 1. The lowest BCUT2D eigenvalue weighted by molar-refractivity contribution is 0.0635. The summed E-state index contributed by atoms with van der Waals surface area (Å²) in [6.07, 6.45) is 6.60. The highest BCUT2D eigenvalue weighted by Crippen LogP contribution is 2.27. The highest BCUT2D eigenvalue weighted by Gasteiger charge is 2.30. The van der Waals surface area contributed by atoms with E-state index in [9.17, 15) is 9.59 Å². The summed E-state index contributed by atoms with van der Waals surface area (Å²) in [5, 5.41) is 0. The number of nitrogens with zero attached hydrogens (tertiary/aromatic N) is 1. The number of carbonyl (C=O) groups is 2. The third-order valence-corrected chi connectivity index (χ3v) is 5.02. The van der Waals surface area contributed by atoms with Crippen molar-refractivity contribution in [1.82, 2.24) is 4.90 Å². The van der Waals surface area contributed by atoms with Crippen LogP contribution in [-0.4, -0.2) is 35.9 Å². The second-order valence-electron chi connectivity index (χ2n) is 5.67. The summed E-state index contributed by atoms with van der Waals surface area (Å²) in [7, 11) is 0. The molecule has 5 heteroatoms. The Morgan fingerprint density at radius 1 is 1.26 bits per heavy atom. The van der Waals surface area contributed by atoms with Gasteiger partial charge in [0.15, 0.2) is 5.78 Å². The molecule has 0 saturated carbocycles. The molecule has 1 amide bonds. The molecule has 1 atom stereocenters. The van der Waals surface area contributed by atoms with Gasteiger partial charge in [-0.1, -0.05) is 18.2 Å². The van der Waals surface area contributed by atoms with Crippen LogP contribution in [0, 0.1) is 5.92 Å². The summed E-state index contributed by atoms with van der Waals surface area (Å²) in [4.78, 5) is 28.1. The van der Waals surface area contributed by atoms with Gasteiger partial charge in [0, 0.05) is 29.5 Å². The van der Waals surface area contributed by atoms with Gasteiger partial charge in [-0.15, -0.1) is 11.8 Å². The Hall–Kier alpha value is -2.01. The molecule has 4 nitrogen and oxygen atoms in total. The second-order valence-corrected chi connectivity index (χ2v) is 6.51. The Bertz CT molecular complexity index is 696. The SMILES string of the molecule is CSc1ccccc1C(=O)C1CCCN(C(=O)c2ccoc2)C1. The molecule has 1 aliphatic rings. The van der Waals surface area contributed by atoms with Crippen LogP contribution in [0.5, 0.6) is 0 Å². The molecular weight excluding hydrogens is 310 g/mol. The van der Waals surface area contributed by atoms with E-state index in [1.54, 1.807) is 22.7 Å². The average Bonchev–Trinajstić information content (AvgIpc) is 3.15. The molecule has 2 aromatic rings. The second kappa shape index (κ2) is 7.04. The quantitative estimate of drug-likeness (QED) is 0.633. The zero-order chi connectivity index (χ0) is 16.2. The standard InChI is InChI=1S/C18H19NO3S/c1-23-16-7-3-2-6-15(16)17(20)13-5-4-9-19(11-13)18(21)14-8-10-22-12-14/h2-3,6-8,10,12-13H,4-5,9,11H2,1H3. The number of rotatable bonds is 4. The maximum atomic E-state index is 12.9. The van der Waals surface area contributed by atoms with Gasteiger partial charge in [-0.05, 0) is 31.2 Å². The average molecular weight is 329 g/mol. The van der Waals surface area contributed by atoms with E-state index in [1.165, 1.54) is 12.5 Å². The van der Waals surface area contributed by atoms with Gasteiger partial charge in [0.05, 0.1) is 11.8 Å². The minimum absolute atomic E-state index is 0.0607. The van der Waals surface area contributed by atoms with Crippen molar-refractivity contribution in [2.24, 2.45) is 5.92 Å². The maximum Gasteiger partial charge on any atom is 0.257 e. The molecule has 23 heavy (non-hydrogen) atoms. The molecule has 0 radical (unpaired) electrons. The smallest absolute Gasteiger partial charge is 0.257 e. The first-order valence-corrected chi connectivity index (χ1v) is 8.92. The predicted octanol–water partition coefficient (Wildman–Crippen LogP) is 3.74. The Balaban J connectivity index is 1.76. The van der Waals surface area contributed by atoms with Gasteiger partial charge in [-0.2, -0.15) is 0 Å². The van der Waals surface area contributed by atoms with Gasteiger partial charge in [0.2, 0.25) is 0 Å². The van der Waals surface area contributed by atoms with E-state index in [1.807, 2.05) is 30.5 Å². The van der Waals surface area contributed by atoms with E-state index in [0.29, 0.717) is 18.7 Å². The first-order chi connectivity index (χ1) is 11.2. The van der Waals surface area contributed by atoms with Crippen LogP contribution in [0.3, 0.4) is 0 Å². The van der Waals surface area contributed by atoms with Crippen LogP contribution >= 0.6 is 11.8 Å². The first-order valence-electron chi connectivity index (χ1n) is 7.69. The van der Waals surface area contributed by atoms with Crippen molar-refractivity contribution in [3.8, 4) is 0 Å². The summed E-state index contributed by atoms with van der Waals surface area (Å²) >= 11 is 1.58. The summed E-state index contributed by atoms with van der Waals surface area (Å²) in [5.41, 5.74) is 1.31. The molecule has 0 aliphatic carbocycles. The van der Waals surface area contributed by atoms with E-state index in [4.69, 9.17) is 4.42 Å². The lowest BCUT2D eigenvalue weighted by atomic mass is 9.89. The minimum Gasteiger partial charge on any atom is -0.472 e. The highest BCUT2D eigenvalue weighted by molar-refractivity contribution is 7.98. The number of hydrogen-bond donors (Lipinski definition) is 0. The van der Waals surface area contributed by atoms with Crippen molar-refractivity contribution in [2.45, 2.75) is 17.7 Å². The molecule has 1 aliphatic heterocycles. The molecule has 1 aromatic heterocycles. The lowest BCUT2D eigenvalue weighted by Gasteiger charge is -2.32. The Labute approximate surface area is 139 Å². The van der Waals surface area contributed by atoms with E-state index >= 15 is 0 Å². The number of likely N-dealkylation sites (tertiary alicyclic amines) is 1. The molecule has 0 N–H and O–H groups in total. The number of benzene rings is 1. The van der Waals surface area contributed by atoms with Crippen LogP contribution < -0.4 is 0 Å². The zero-order valence-corrected chi connectivity index (χ0v) is 13.8. The van der Waals surface area contributed by atoms with Crippen LogP contribution in [0.1, 0.15) is 33.6 Å². The summed E-state index contributed by atoms with van der Waals surface area (Å²) in [6.45, 7) is 1.17. The van der Waals surface area contributed by atoms with E-state index in [0.717, 1.165) is 23.3 Å². The lowest BCUT2D eigenvalue weighted by Crippen LogP contribution is -2.42. The Kier molecular flexibility index (Phi) is 4.86. The van der Waals surface area contributed by atoms with Gasteiger partial charge in [-0.3, -0.25) is 9.59 Å². The molecule has 0 bridgehead atoms. The van der Waals surface area contributed by atoms with Crippen molar-refractivity contribution < 1.29 is 14.0 Å². The number of furan rings is 1. The Morgan fingerprint density at radius 3 is 2.83 bits per heavy atom. The minimum atomic E-state index is -0.132. The van der Waals surface area contributed by atoms with Gasteiger partial charge < -0.3 is 9.32 Å². The van der Waals surface area contributed by atoms with Crippen molar-refractivity contribution in [3.05, 3.63) is 54.0 Å². The third-order valence-electron chi connectivity index (χ3n) is 4.22. The number of hydrogen-bond acceptors (Lipinski definition) is 4. The fourth-order valence-corrected chi connectivity index (χ4v) is 3.62. The number of thioether (sulfide) groups is 1. The van der Waals surface area contributed by atoms with Crippen molar-refractivity contribution >= 4 is 23.5 Å². The molecule has 1 unspecified atom stereocenters. The third kappa shape index (κ3) is 3.34. The van der Waals surface area contributed by atoms with E-state index < -0.39 is 0 Å². The molecule has 120 valence electrons. The first kappa shape index (κ1) is 15.9. The Morgan fingerprint density at radius 2 is 2.09 bits per heavy atom. The predicted molar refractivity (Wildman–Crippen MR) is 89.9 cm³/mol. The highest BCUT2D eigenvalue weighted by atomic mass is 32.2. The number of Topliss-reactive ketones (excluding diaryl/α,β-unsaturated/α-hetero) is 1. The van der Waals surface area contributed by atoms with Gasteiger partial charge in [0.1, 0.15) is 6.26 Å². The van der Waals surface area contributed by atoms with Crippen LogP contribution in [-0.2, 0) is 0 Å². The van der Waals surface area contributed by atoms with Crippen molar-refractivity contribution in [3.63, 3.8) is 0 Å². The van der Waals surface area contributed by atoms with Crippen LogP contribution in [0.25, 0.3) is 0 Å². The zero-order valence-electron chi connectivity index (χ0n) is 13.0. The topological polar surface area (TPSA) is 50.5 Å². The number of carbonyl (C=O) groups excluding carboxylic acids is 2. The van der Waals surface area contributed by atoms with Gasteiger partial charge >= 0.3 is 0 Å². The largest absolute Gasteiger partial charge is 0.472 e. The fourth-order valence-electron chi connectivity index (χ4n) is 3.01. The summed E-state index contributed by atoms with van der Waals surface area (Å²) in [5.74, 6) is -0.0538. The molecular formula is C18H19NO3S. The van der Waals surface area contributed by atoms with E-state index in [2.05, 4.69) is 0 Å². The molecule has 3 rings (SSSR count). The number of amides is 1. The van der Waals surface area contributed by atoms with Gasteiger partial charge in [0.25, 0.3) is 5.91 Å². The van der Waals surface area contributed by atoms with E-state index in [-0.39, 0.29) is 17.6 Å². The fraction of sp³-hybridized carbons (Fsp3) is 0.333.